The van der Waals surface area contributed by atoms with Gasteiger partial charge in [0.25, 0.3) is 0 Å². The summed E-state index contributed by atoms with van der Waals surface area (Å²) >= 11 is 0. The van der Waals surface area contributed by atoms with Crippen molar-refractivity contribution >= 4 is 0 Å². The van der Waals surface area contributed by atoms with Crippen LogP contribution in [0, 0.1) is 0 Å². The number of fused-ring (bicyclic) bond motifs is 1. The van der Waals surface area contributed by atoms with Crippen molar-refractivity contribution in [3.8, 4) is 0 Å². The SMILES string of the molecule is C=C[C@H]1O[C@@H](OC)[C@H](OCc2ccccc2)[C@H]2OC(C)(C)O[C@H]21. The van der Waals surface area contributed by atoms with Crippen molar-refractivity contribution in [1.82, 2.24) is 0 Å². The minimum absolute atomic E-state index is 0.255. The summed E-state index contributed by atoms with van der Waals surface area (Å²) in [6, 6.07) is 9.99. The smallest absolute Gasteiger partial charge is 0.186 e. The van der Waals surface area contributed by atoms with Crippen LogP contribution in [0.15, 0.2) is 43.0 Å². The zero-order chi connectivity index (χ0) is 16.4. The average Bonchev–Trinajstić information content (AvgIpc) is 2.88. The van der Waals surface area contributed by atoms with Crippen molar-refractivity contribution in [1.29, 1.82) is 0 Å². The predicted octanol–water partition coefficient (Wildman–Crippen LogP) is 2.65. The number of benzene rings is 1. The molecule has 0 unspecified atom stereocenters. The summed E-state index contributed by atoms with van der Waals surface area (Å²) in [5, 5.41) is 0. The number of hydrogen-bond acceptors (Lipinski definition) is 5. The highest BCUT2D eigenvalue weighted by Gasteiger charge is 2.55. The number of methoxy groups -OCH3 is 1. The minimum Gasteiger partial charge on any atom is -0.365 e. The second kappa shape index (κ2) is 6.71. The van der Waals surface area contributed by atoms with E-state index in [0.717, 1.165) is 5.56 Å². The van der Waals surface area contributed by atoms with Crippen LogP contribution in [0.5, 0.6) is 0 Å². The first kappa shape index (κ1) is 16.6. The maximum absolute atomic E-state index is 6.08. The fraction of sp³-hybridized carbons (Fsp3) is 0.556. The lowest BCUT2D eigenvalue weighted by molar-refractivity contribution is -0.273. The molecule has 0 spiro atoms. The topological polar surface area (TPSA) is 46.2 Å². The summed E-state index contributed by atoms with van der Waals surface area (Å²) in [7, 11) is 1.60. The van der Waals surface area contributed by atoms with Gasteiger partial charge in [0.1, 0.15) is 24.4 Å². The van der Waals surface area contributed by atoms with Gasteiger partial charge < -0.3 is 23.7 Å². The van der Waals surface area contributed by atoms with Crippen molar-refractivity contribution in [2.75, 3.05) is 7.11 Å². The molecule has 2 aliphatic rings. The van der Waals surface area contributed by atoms with E-state index in [2.05, 4.69) is 6.58 Å². The first-order chi connectivity index (χ1) is 11.0. The Bertz CT molecular complexity index is 529. The Hall–Kier alpha value is -1.24. The van der Waals surface area contributed by atoms with Gasteiger partial charge in [-0.2, -0.15) is 0 Å². The highest BCUT2D eigenvalue weighted by molar-refractivity contribution is 5.13. The molecule has 2 aliphatic heterocycles. The second-order valence-corrected chi connectivity index (χ2v) is 6.27. The average molecular weight is 320 g/mol. The fourth-order valence-electron chi connectivity index (χ4n) is 3.11. The van der Waals surface area contributed by atoms with Gasteiger partial charge in [-0.15, -0.1) is 6.58 Å². The fourth-order valence-corrected chi connectivity index (χ4v) is 3.11. The van der Waals surface area contributed by atoms with Crippen LogP contribution in [0.25, 0.3) is 0 Å². The van der Waals surface area contributed by atoms with E-state index in [9.17, 15) is 0 Å². The summed E-state index contributed by atoms with van der Waals surface area (Å²) in [4.78, 5) is 0. The van der Waals surface area contributed by atoms with E-state index in [0.29, 0.717) is 6.61 Å². The van der Waals surface area contributed by atoms with Crippen LogP contribution in [0.3, 0.4) is 0 Å². The van der Waals surface area contributed by atoms with Crippen molar-refractivity contribution < 1.29 is 23.7 Å². The molecule has 5 nitrogen and oxygen atoms in total. The third-order valence-corrected chi connectivity index (χ3v) is 4.12. The third-order valence-electron chi connectivity index (χ3n) is 4.12. The van der Waals surface area contributed by atoms with E-state index in [1.807, 2.05) is 44.2 Å². The number of hydrogen-bond donors (Lipinski definition) is 0. The molecule has 0 aliphatic carbocycles. The Morgan fingerprint density at radius 1 is 1.17 bits per heavy atom. The summed E-state index contributed by atoms with van der Waals surface area (Å²) in [6.45, 7) is 8.06. The Morgan fingerprint density at radius 2 is 1.87 bits per heavy atom. The van der Waals surface area contributed by atoms with E-state index in [1.165, 1.54) is 0 Å². The summed E-state index contributed by atoms with van der Waals surface area (Å²) < 4.78 is 29.5. The Balaban J connectivity index is 1.77. The molecule has 126 valence electrons. The van der Waals surface area contributed by atoms with Crippen molar-refractivity contribution in [2.45, 2.75) is 56.9 Å². The first-order valence-electron chi connectivity index (χ1n) is 7.86. The Morgan fingerprint density at radius 3 is 2.52 bits per heavy atom. The van der Waals surface area contributed by atoms with Crippen LogP contribution < -0.4 is 0 Å². The van der Waals surface area contributed by atoms with Gasteiger partial charge in [0.15, 0.2) is 12.1 Å². The van der Waals surface area contributed by atoms with E-state index in [1.54, 1.807) is 13.2 Å². The van der Waals surface area contributed by atoms with Crippen molar-refractivity contribution in [2.24, 2.45) is 0 Å². The number of ether oxygens (including phenoxy) is 5. The van der Waals surface area contributed by atoms with Gasteiger partial charge >= 0.3 is 0 Å². The molecule has 0 aromatic heterocycles. The molecule has 5 atom stereocenters. The van der Waals surface area contributed by atoms with Gasteiger partial charge in [-0.3, -0.25) is 0 Å². The number of rotatable bonds is 5. The largest absolute Gasteiger partial charge is 0.365 e. The van der Waals surface area contributed by atoms with E-state index < -0.39 is 12.1 Å². The molecule has 23 heavy (non-hydrogen) atoms. The lowest BCUT2D eigenvalue weighted by Gasteiger charge is -2.40. The zero-order valence-corrected chi connectivity index (χ0v) is 13.8. The lowest BCUT2D eigenvalue weighted by atomic mass is 9.98. The maximum Gasteiger partial charge on any atom is 0.186 e. The molecule has 2 fully saturated rings. The molecule has 3 rings (SSSR count). The van der Waals surface area contributed by atoms with E-state index in [4.69, 9.17) is 23.7 Å². The first-order valence-corrected chi connectivity index (χ1v) is 7.86. The third kappa shape index (κ3) is 3.49. The van der Waals surface area contributed by atoms with E-state index >= 15 is 0 Å². The molecular weight excluding hydrogens is 296 g/mol. The molecule has 0 bridgehead atoms. The summed E-state index contributed by atoms with van der Waals surface area (Å²) in [5.74, 6) is -0.684. The molecule has 0 N–H and O–H groups in total. The quantitative estimate of drug-likeness (QED) is 0.781. The highest BCUT2D eigenvalue weighted by Crippen LogP contribution is 2.39. The lowest BCUT2D eigenvalue weighted by Crippen LogP contribution is -2.57. The van der Waals surface area contributed by atoms with E-state index in [-0.39, 0.29) is 24.4 Å². The molecule has 0 radical (unpaired) electrons. The molecule has 1 aromatic rings. The van der Waals surface area contributed by atoms with Crippen molar-refractivity contribution in [3.63, 3.8) is 0 Å². The van der Waals surface area contributed by atoms with Crippen LogP contribution in [-0.4, -0.2) is 43.6 Å². The van der Waals surface area contributed by atoms with Gasteiger partial charge in [-0.1, -0.05) is 36.4 Å². The molecule has 5 heteroatoms. The standard InChI is InChI=1S/C18H24O5/c1-5-13-14-15(23-18(2,3)22-14)16(17(19-4)21-13)20-11-12-9-7-6-8-10-12/h5-10,13-17H,1,11H2,2-4H3/t13-,14+,15+,16-,17-/m1/s1. The molecule has 0 saturated carbocycles. The maximum atomic E-state index is 6.08. The highest BCUT2D eigenvalue weighted by atomic mass is 16.8. The summed E-state index contributed by atoms with van der Waals surface area (Å²) in [5.41, 5.74) is 1.09. The molecule has 2 heterocycles. The van der Waals surface area contributed by atoms with Crippen LogP contribution in [0.2, 0.25) is 0 Å². The molecule has 1 aromatic carbocycles. The van der Waals surface area contributed by atoms with Gasteiger partial charge in [0, 0.05) is 7.11 Å². The van der Waals surface area contributed by atoms with Crippen LogP contribution >= 0.6 is 0 Å². The Labute approximate surface area is 137 Å². The van der Waals surface area contributed by atoms with Crippen LogP contribution in [0.4, 0.5) is 0 Å². The van der Waals surface area contributed by atoms with Gasteiger partial charge in [-0.05, 0) is 19.4 Å². The summed E-state index contributed by atoms with van der Waals surface area (Å²) in [6.07, 6.45) is 0.0130. The van der Waals surface area contributed by atoms with Crippen LogP contribution in [0.1, 0.15) is 19.4 Å². The Kier molecular flexibility index (Phi) is 4.85. The monoisotopic (exact) mass is 320 g/mol. The van der Waals surface area contributed by atoms with Gasteiger partial charge in [-0.25, -0.2) is 0 Å². The minimum atomic E-state index is -0.684. The molecule has 2 saturated heterocycles. The van der Waals surface area contributed by atoms with Gasteiger partial charge in [0.05, 0.1) is 6.61 Å². The normalized spacial score (nSPS) is 35.7. The second-order valence-electron chi connectivity index (χ2n) is 6.27. The zero-order valence-electron chi connectivity index (χ0n) is 13.8. The molecule has 0 amide bonds. The molecular formula is C18H24O5. The van der Waals surface area contributed by atoms with Crippen LogP contribution in [-0.2, 0) is 30.3 Å². The van der Waals surface area contributed by atoms with Gasteiger partial charge in [0.2, 0.25) is 0 Å². The predicted molar refractivity (Wildman–Crippen MR) is 84.7 cm³/mol. The van der Waals surface area contributed by atoms with Crippen molar-refractivity contribution in [3.05, 3.63) is 48.6 Å².